The van der Waals surface area contributed by atoms with Gasteiger partial charge in [-0.3, -0.25) is 26.0 Å². The van der Waals surface area contributed by atoms with E-state index in [1.807, 2.05) is 0 Å². The summed E-state index contributed by atoms with van der Waals surface area (Å²) in [5.74, 6) is -0.988. The first-order valence-corrected chi connectivity index (χ1v) is 6.94. The van der Waals surface area contributed by atoms with Gasteiger partial charge < -0.3 is 26.3 Å². The lowest BCUT2D eigenvalue weighted by molar-refractivity contribution is -0.463. The summed E-state index contributed by atoms with van der Waals surface area (Å²) in [6.45, 7) is 1.68. The van der Waals surface area contributed by atoms with Crippen LogP contribution in [-0.2, 0) is 14.4 Å². The maximum absolute atomic E-state index is 12.0. The van der Waals surface area contributed by atoms with Crippen molar-refractivity contribution in [2.24, 2.45) is 11.5 Å². The van der Waals surface area contributed by atoms with Crippen LogP contribution in [-0.4, -0.2) is 60.4 Å². The van der Waals surface area contributed by atoms with Gasteiger partial charge in [-0.2, -0.15) is 0 Å². The minimum Gasteiger partial charge on any atom is -0.391 e. The normalized spacial score (nSPS) is 14.3. The molecule has 22 heavy (non-hydrogen) atoms. The number of aliphatic hydroxyl groups is 1. The molecule has 0 aromatic heterocycles. The predicted molar refractivity (Wildman–Crippen MR) is 77.8 cm³/mol. The number of aldehydes is 1. The molecule has 0 fully saturated rings. The van der Waals surface area contributed by atoms with E-state index in [4.69, 9.17) is 11.5 Å². The zero-order valence-electron chi connectivity index (χ0n) is 12.7. The fourth-order valence-electron chi connectivity index (χ4n) is 1.64. The van der Waals surface area contributed by atoms with Crippen LogP contribution in [0.4, 0.5) is 0 Å². The quantitative estimate of drug-likeness (QED) is 0.0907. The van der Waals surface area contributed by atoms with Crippen molar-refractivity contribution in [3.8, 4) is 0 Å². The molecule has 0 heterocycles. The molecule has 0 spiro atoms. The fourth-order valence-corrected chi connectivity index (χ4v) is 1.64. The number of aliphatic hydroxyl groups excluding tert-OH is 1. The molecule has 0 aliphatic heterocycles. The molecule has 0 bridgehead atoms. The molecule has 0 aromatic carbocycles. The number of hydrogen-bond donors (Lipinski definition) is 7. The molecular weight excluding hydrogens is 292 g/mol. The minimum atomic E-state index is -1.14. The second-order valence-electron chi connectivity index (χ2n) is 4.86. The number of nitrogens with one attached hydrogen (secondary N) is 3. The Morgan fingerprint density at radius 3 is 2.50 bits per heavy atom. The summed E-state index contributed by atoms with van der Waals surface area (Å²) in [6.07, 6.45) is 0.470. The topological polar surface area (TPSA) is 189 Å². The van der Waals surface area contributed by atoms with Gasteiger partial charge >= 0.3 is 5.96 Å². The zero-order valence-corrected chi connectivity index (χ0v) is 12.7. The van der Waals surface area contributed by atoms with E-state index < -0.39 is 30.0 Å². The Bertz CT molecular complexity index is 408. The Balaban J connectivity index is 4.40. The lowest BCUT2D eigenvalue weighted by Gasteiger charge is -2.21. The van der Waals surface area contributed by atoms with Crippen LogP contribution >= 0.6 is 0 Å². The summed E-state index contributed by atoms with van der Waals surface area (Å²) >= 11 is 0. The molecule has 0 aromatic rings. The van der Waals surface area contributed by atoms with Crippen molar-refractivity contribution in [2.45, 2.75) is 38.0 Å². The second kappa shape index (κ2) is 10.5. The number of amides is 2. The molecule has 0 radical (unpaired) electrons. The van der Waals surface area contributed by atoms with E-state index in [2.05, 4.69) is 21.4 Å². The van der Waals surface area contributed by atoms with Crippen molar-refractivity contribution in [1.82, 2.24) is 10.6 Å². The van der Waals surface area contributed by atoms with Gasteiger partial charge in [-0.1, -0.05) is 0 Å². The maximum Gasteiger partial charge on any atom is 0.338 e. The van der Waals surface area contributed by atoms with Gasteiger partial charge in [-0.15, -0.1) is 0 Å². The largest absolute Gasteiger partial charge is 0.391 e. The van der Waals surface area contributed by atoms with E-state index in [9.17, 15) is 19.5 Å². The molecule has 3 atom stereocenters. The highest BCUT2D eigenvalue weighted by Crippen LogP contribution is 1.96. The number of carbonyl (C=O) groups excluding carboxylic acids is 3. The molecule has 126 valence electrons. The first-order chi connectivity index (χ1) is 10.3. The molecule has 2 amide bonds. The maximum atomic E-state index is 12.0. The molecule has 0 saturated carbocycles. The average Bonchev–Trinajstić information content (AvgIpc) is 2.45. The van der Waals surface area contributed by atoms with E-state index in [-0.39, 0.29) is 12.5 Å². The van der Waals surface area contributed by atoms with Gasteiger partial charge in [0.1, 0.15) is 12.3 Å². The van der Waals surface area contributed by atoms with Crippen LogP contribution in [0, 0.1) is 0 Å². The van der Waals surface area contributed by atoms with Crippen LogP contribution in [0.25, 0.3) is 0 Å². The Morgan fingerprint density at radius 1 is 1.36 bits per heavy atom. The molecule has 0 rings (SSSR count). The van der Waals surface area contributed by atoms with Crippen molar-refractivity contribution < 1.29 is 30.2 Å². The number of guanidine groups is 1. The van der Waals surface area contributed by atoms with E-state index in [0.29, 0.717) is 25.7 Å². The summed E-state index contributed by atoms with van der Waals surface area (Å²) < 4.78 is 0. The monoisotopic (exact) mass is 318 g/mol. The van der Waals surface area contributed by atoms with Gasteiger partial charge in [0.25, 0.3) is 5.91 Å². The van der Waals surface area contributed by atoms with Gasteiger partial charge in [-0.25, -0.2) is 0 Å². The molecule has 11 N–H and O–H groups in total. The summed E-state index contributed by atoms with van der Waals surface area (Å²) in [6, 6.07) is -1.73. The zero-order chi connectivity index (χ0) is 17.1. The molecule has 0 aliphatic carbocycles. The van der Waals surface area contributed by atoms with Crippen molar-refractivity contribution in [3.63, 3.8) is 0 Å². The number of hydrogen-bond acceptors (Lipinski definition) is 4. The number of nitrogens with two attached hydrogens (primary N) is 2. The molecule has 0 unspecified atom stereocenters. The van der Waals surface area contributed by atoms with Crippen molar-refractivity contribution in [3.05, 3.63) is 0 Å². The Hall–Kier alpha value is -2.20. The molecular formula is C12H26N6O4+2. The molecule has 0 saturated heterocycles. The predicted octanol–water partition coefficient (Wildman–Crippen LogP) is -6.09. The third-order valence-corrected chi connectivity index (χ3v) is 2.85. The highest BCUT2D eigenvalue weighted by Gasteiger charge is 2.28. The van der Waals surface area contributed by atoms with Crippen LogP contribution in [0.3, 0.4) is 0 Å². The van der Waals surface area contributed by atoms with E-state index in [1.54, 1.807) is 0 Å². The van der Waals surface area contributed by atoms with Gasteiger partial charge in [-0.05, 0) is 13.3 Å². The Morgan fingerprint density at radius 2 is 2.00 bits per heavy atom. The van der Waals surface area contributed by atoms with Crippen LogP contribution in [0.5, 0.6) is 0 Å². The molecule has 0 aliphatic rings. The van der Waals surface area contributed by atoms with E-state index in [1.165, 1.54) is 6.92 Å². The summed E-state index contributed by atoms with van der Waals surface area (Å²) in [4.78, 5) is 36.6. The van der Waals surface area contributed by atoms with Crippen LogP contribution < -0.4 is 32.8 Å². The Labute approximate surface area is 128 Å². The summed E-state index contributed by atoms with van der Waals surface area (Å²) in [5.41, 5.74) is 14.2. The summed E-state index contributed by atoms with van der Waals surface area (Å²) in [7, 11) is 0. The summed E-state index contributed by atoms with van der Waals surface area (Å²) in [5, 5.41) is 14.3. The van der Waals surface area contributed by atoms with Crippen LogP contribution in [0.2, 0.25) is 0 Å². The van der Waals surface area contributed by atoms with Gasteiger partial charge in [0, 0.05) is 6.42 Å². The van der Waals surface area contributed by atoms with E-state index in [0.717, 1.165) is 0 Å². The number of quaternary nitrogens is 1. The minimum absolute atomic E-state index is 0.103. The van der Waals surface area contributed by atoms with Gasteiger partial charge in [0.2, 0.25) is 5.91 Å². The van der Waals surface area contributed by atoms with Crippen LogP contribution in [0.1, 0.15) is 19.8 Å². The number of rotatable bonds is 10. The highest BCUT2D eigenvalue weighted by molar-refractivity contribution is 5.90. The van der Waals surface area contributed by atoms with Crippen molar-refractivity contribution in [2.75, 3.05) is 13.1 Å². The SMILES string of the molecule is C[C@@H](O)[C@H](NC(=O)[C@@H]([NH3+])CCC[NH+]=C(N)N)C(=O)NCC=O. The first-order valence-electron chi connectivity index (χ1n) is 6.94. The van der Waals surface area contributed by atoms with Gasteiger partial charge in [0.15, 0.2) is 6.04 Å². The lowest BCUT2D eigenvalue weighted by Crippen LogP contribution is -2.78. The van der Waals surface area contributed by atoms with Crippen LogP contribution in [0.15, 0.2) is 0 Å². The molecule has 10 nitrogen and oxygen atoms in total. The highest BCUT2D eigenvalue weighted by atomic mass is 16.3. The van der Waals surface area contributed by atoms with Crippen molar-refractivity contribution >= 4 is 24.1 Å². The second-order valence-corrected chi connectivity index (χ2v) is 4.86. The van der Waals surface area contributed by atoms with Gasteiger partial charge in [0.05, 0.1) is 19.2 Å². The average molecular weight is 318 g/mol. The third-order valence-electron chi connectivity index (χ3n) is 2.85. The smallest absolute Gasteiger partial charge is 0.338 e. The molecule has 10 heteroatoms. The first kappa shape index (κ1) is 19.8. The lowest BCUT2D eigenvalue weighted by atomic mass is 10.1. The number of carbonyl (C=O) groups is 3. The third kappa shape index (κ3) is 8.17. The van der Waals surface area contributed by atoms with E-state index >= 15 is 0 Å². The standard InChI is InChI=1S/C12H24N6O4/c1-7(20)9(11(22)16-5-6-19)18-10(21)8(13)3-2-4-17-12(14)15/h6-9,20H,2-5,13H2,1H3,(H,16,22)(H,18,21)(H4,14,15,17)/p+2/t7-,8+,9+/m1/s1. The Kier molecular flexibility index (Phi) is 9.46. The fraction of sp³-hybridized carbons (Fsp3) is 0.667. The van der Waals surface area contributed by atoms with Crippen molar-refractivity contribution in [1.29, 1.82) is 0 Å².